The van der Waals surface area contributed by atoms with Crippen LogP contribution in [0.15, 0.2) is 21.1 Å². The van der Waals surface area contributed by atoms with Gasteiger partial charge in [-0.1, -0.05) is 34.9 Å². The summed E-state index contributed by atoms with van der Waals surface area (Å²) in [6, 6.07) is 4.02. The molecule has 120 valence electrons. The normalized spacial score (nSPS) is 10.7. The number of tetrazole rings is 1. The number of hydrogen-bond acceptors (Lipinski definition) is 5. The highest BCUT2D eigenvalue weighted by Crippen LogP contribution is 2.33. The molecule has 1 N–H and O–H groups in total. The predicted molar refractivity (Wildman–Crippen MR) is 93.1 cm³/mol. The fourth-order valence-corrected chi connectivity index (χ4v) is 3.41. The Balaban J connectivity index is 2.15. The van der Waals surface area contributed by atoms with Gasteiger partial charge >= 0.3 is 0 Å². The van der Waals surface area contributed by atoms with Gasteiger partial charge in [0.2, 0.25) is 5.95 Å². The fraction of sp³-hybridized carbons (Fsp3) is 0.500. The topological polar surface area (TPSA) is 64.9 Å². The van der Waals surface area contributed by atoms with Crippen molar-refractivity contribution in [3.05, 3.63) is 26.6 Å². The van der Waals surface area contributed by atoms with E-state index < -0.39 is 0 Å². The van der Waals surface area contributed by atoms with Gasteiger partial charge in [-0.2, -0.15) is 0 Å². The zero-order chi connectivity index (χ0) is 15.9. The minimum Gasteiger partial charge on any atom is -0.492 e. The molecule has 0 radical (unpaired) electrons. The summed E-state index contributed by atoms with van der Waals surface area (Å²) in [5.74, 6) is 1.52. The second-order valence-corrected chi connectivity index (χ2v) is 6.57. The van der Waals surface area contributed by atoms with Gasteiger partial charge in [0, 0.05) is 23.1 Å². The van der Waals surface area contributed by atoms with E-state index >= 15 is 0 Å². The average molecular weight is 433 g/mol. The van der Waals surface area contributed by atoms with Gasteiger partial charge in [-0.3, -0.25) is 0 Å². The molecule has 0 aliphatic heterocycles. The molecule has 0 atom stereocenters. The van der Waals surface area contributed by atoms with Crippen molar-refractivity contribution in [3.8, 4) is 5.75 Å². The zero-order valence-electron chi connectivity index (χ0n) is 12.6. The van der Waals surface area contributed by atoms with Crippen molar-refractivity contribution in [1.82, 2.24) is 20.2 Å². The van der Waals surface area contributed by atoms with Gasteiger partial charge in [-0.15, -0.1) is 0 Å². The maximum absolute atomic E-state index is 5.85. The summed E-state index contributed by atoms with van der Waals surface area (Å²) in [6.07, 6.45) is 1.94. The largest absolute Gasteiger partial charge is 0.492 e. The summed E-state index contributed by atoms with van der Waals surface area (Å²) in [4.78, 5) is 0. The minimum absolute atomic E-state index is 0.584. The maximum Gasteiger partial charge on any atom is 0.243 e. The molecule has 0 aliphatic carbocycles. The summed E-state index contributed by atoms with van der Waals surface area (Å²) >= 11 is 7.07. The van der Waals surface area contributed by atoms with Crippen molar-refractivity contribution in [3.63, 3.8) is 0 Å². The average Bonchev–Trinajstić information content (AvgIpc) is 2.91. The van der Waals surface area contributed by atoms with Crippen molar-refractivity contribution >= 4 is 37.8 Å². The second kappa shape index (κ2) is 8.47. The van der Waals surface area contributed by atoms with Gasteiger partial charge in [-0.25, -0.2) is 4.68 Å². The molecule has 0 unspecified atom stereocenters. The van der Waals surface area contributed by atoms with E-state index in [0.29, 0.717) is 19.1 Å². The van der Waals surface area contributed by atoms with Crippen LogP contribution < -0.4 is 10.1 Å². The van der Waals surface area contributed by atoms with Crippen molar-refractivity contribution in [2.75, 3.05) is 11.9 Å². The first kappa shape index (κ1) is 17.2. The predicted octanol–water partition coefficient (Wildman–Crippen LogP) is 4.01. The first-order chi connectivity index (χ1) is 10.7. The Labute approximate surface area is 146 Å². The summed E-state index contributed by atoms with van der Waals surface area (Å²) < 4.78 is 9.54. The Bertz CT molecular complexity index is 617. The van der Waals surface area contributed by atoms with E-state index in [4.69, 9.17) is 4.74 Å². The Morgan fingerprint density at radius 2 is 2.05 bits per heavy atom. The van der Waals surface area contributed by atoms with Crippen LogP contribution in [-0.2, 0) is 13.1 Å². The lowest BCUT2D eigenvalue weighted by molar-refractivity contribution is 0.312. The fourth-order valence-electron chi connectivity index (χ4n) is 1.98. The lowest BCUT2D eigenvalue weighted by Gasteiger charge is -2.14. The van der Waals surface area contributed by atoms with Gasteiger partial charge in [0.15, 0.2) is 0 Å². The molecule has 0 aliphatic rings. The van der Waals surface area contributed by atoms with E-state index in [1.807, 2.05) is 12.1 Å². The van der Waals surface area contributed by atoms with Crippen LogP contribution >= 0.6 is 31.9 Å². The minimum atomic E-state index is 0.584. The smallest absolute Gasteiger partial charge is 0.243 e. The lowest BCUT2D eigenvalue weighted by atomic mass is 10.2. The third-order valence-electron chi connectivity index (χ3n) is 2.94. The molecule has 0 fully saturated rings. The molecule has 0 amide bonds. The third kappa shape index (κ3) is 4.42. The number of aromatic nitrogens is 4. The van der Waals surface area contributed by atoms with Crippen LogP contribution in [0.2, 0.25) is 0 Å². The van der Waals surface area contributed by atoms with Gasteiger partial charge in [-0.05, 0) is 51.3 Å². The Morgan fingerprint density at radius 3 is 2.77 bits per heavy atom. The Morgan fingerprint density at radius 1 is 1.23 bits per heavy atom. The van der Waals surface area contributed by atoms with Gasteiger partial charge in [0.1, 0.15) is 5.75 Å². The number of nitrogens with zero attached hydrogens (tertiary/aromatic N) is 4. The SMILES string of the molecule is CCCOc1c(Br)cc(Br)cc1CNc1nnnn1CCC. The van der Waals surface area contributed by atoms with Crippen molar-refractivity contribution in [1.29, 1.82) is 0 Å². The molecule has 0 saturated carbocycles. The van der Waals surface area contributed by atoms with E-state index in [9.17, 15) is 0 Å². The molecular weight excluding hydrogens is 414 g/mol. The van der Waals surface area contributed by atoms with Crippen molar-refractivity contribution < 1.29 is 4.74 Å². The summed E-state index contributed by atoms with van der Waals surface area (Å²) in [7, 11) is 0. The third-order valence-corrected chi connectivity index (χ3v) is 3.99. The lowest BCUT2D eigenvalue weighted by Crippen LogP contribution is -2.10. The number of hydrogen-bond donors (Lipinski definition) is 1. The Kier molecular flexibility index (Phi) is 6.63. The maximum atomic E-state index is 5.85. The monoisotopic (exact) mass is 431 g/mol. The van der Waals surface area contributed by atoms with Crippen molar-refractivity contribution in [2.24, 2.45) is 0 Å². The van der Waals surface area contributed by atoms with Crippen LogP contribution in [0.25, 0.3) is 0 Å². The first-order valence-electron chi connectivity index (χ1n) is 7.26. The van der Waals surface area contributed by atoms with E-state index in [1.54, 1.807) is 4.68 Å². The molecule has 1 aromatic carbocycles. The van der Waals surface area contributed by atoms with Gasteiger partial charge in [0.05, 0.1) is 11.1 Å². The zero-order valence-corrected chi connectivity index (χ0v) is 15.8. The number of benzene rings is 1. The highest BCUT2D eigenvalue weighted by atomic mass is 79.9. The molecular formula is C14H19Br2N5O. The van der Waals surface area contributed by atoms with Crippen LogP contribution in [0.5, 0.6) is 5.75 Å². The Hall–Kier alpha value is -1.15. The van der Waals surface area contributed by atoms with E-state index in [1.165, 1.54) is 0 Å². The summed E-state index contributed by atoms with van der Waals surface area (Å²) in [5, 5.41) is 15.0. The standard InChI is InChI=1S/C14H19Br2N5O/c1-3-5-21-14(18-19-20-21)17-9-10-7-11(15)8-12(16)13(10)22-6-4-2/h7-8H,3-6,9H2,1-2H3,(H,17,18,20). The van der Waals surface area contributed by atoms with E-state index in [-0.39, 0.29) is 0 Å². The van der Waals surface area contributed by atoms with Crippen LogP contribution in [0.4, 0.5) is 5.95 Å². The molecule has 2 rings (SSSR count). The molecule has 6 nitrogen and oxygen atoms in total. The van der Waals surface area contributed by atoms with Crippen LogP contribution in [0.1, 0.15) is 32.3 Å². The van der Waals surface area contributed by atoms with Crippen molar-refractivity contribution in [2.45, 2.75) is 39.8 Å². The van der Waals surface area contributed by atoms with E-state index in [2.05, 4.69) is 66.5 Å². The molecule has 1 heterocycles. The number of nitrogens with one attached hydrogen (secondary N) is 1. The summed E-state index contributed by atoms with van der Waals surface area (Å²) in [6.45, 7) is 6.23. The molecule has 0 spiro atoms. The molecule has 0 saturated heterocycles. The molecule has 2 aromatic rings. The number of aryl methyl sites for hydroxylation is 1. The second-order valence-electron chi connectivity index (χ2n) is 4.80. The first-order valence-corrected chi connectivity index (χ1v) is 8.85. The highest BCUT2D eigenvalue weighted by Gasteiger charge is 2.12. The summed E-state index contributed by atoms with van der Waals surface area (Å²) in [5.41, 5.74) is 1.04. The van der Waals surface area contributed by atoms with Crippen LogP contribution in [0, 0.1) is 0 Å². The highest BCUT2D eigenvalue weighted by molar-refractivity contribution is 9.11. The van der Waals surface area contributed by atoms with Crippen LogP contribution in [0.3, 0.4) is 0 Å². The quantitative estimate of drug-likeness (QED) is 0.682. The number of ether oxygens (including phenoxy) is 1. The molecule has 8 heteroatoms. The number of halogens is 2. The van der Waals surface area contributed by atoms with Gasteiger partial charge in [0.25, 0.3) is 0 Å². The number of anilines is 1. The van der Waals surface area contributed by atoms with E-state index in [0.717, 1.165) is 39.6 Å². The van der Waals surface area contributed by atoms with Gasteiger partial charge < -0.3 is 10.1 Å². The van der Waals surface area contributed by atoms with Crippen LogP contribution in [-0.4, -0.2) is 26.8 Å². The number of rotatable bonds is 8. The molecule has 22 heavy (non-hydrogen) atoms. The molecule has 0 bridgehead atoms. The molecule has 1 aromatic heterocycles.